The summed E-state index contributed by atoms with van der Waals surface area (Å²) >= 11 is 0. The molecule has 0 fully saturated rings. The molecule has 0 spiro atoms. The van der Waals surface area contributed by atoms with E-state index in [1.54, 1.807) is 30.3 Å². The third kappa shape index (κ3) is 3.66. The van der Waals surface area contributed by atoms with E-state index in [0.29, 0.717) is 18.9 Å². The van der Waals surface area contributed by atoms with Crippen molar-refractivity contribution in [1.29, 1.82) is 0 Å². The first-order valence-electron chi connectivity index (χ1n) is 7.99. The van der Waals surface area contributed by atoms with Crippen LogP contribution in [0.15, 0.2) is 53.4 Å². The highest BCUT2D eigenvalue weighted by Gasteiger charge is 2.12. The van der Waals surface area contributed by atoms with Gasteiger partial charge in [-0.05, 0) is 36.2 Å². The van der Waals surface area contributed by atoms with Crippen LogP contribution in [-0.2, 0) is 16.4 Å². The van der Waals surface area contributed by atoms with Gasteiger partial charge in [0.15, 0.2) is 0 Å². The topological polar surface area (TPSA) is 74.8 Å². The quantitative estimate of drug-likeness (QED) is 0.722. The van der Waals surface area contributed by atoms with Gasteiger partial charge >= 0.3 is 0 Å². The monoisotopic (exact) mass is 343 g/mol. The molecule has 0 unspecified atom stereocenters. The van der Waals surface area contributed by atoms with Gasteiger partial charge < -0.3 is 4.98 Å². The van der Waals surface area contributed by atoms with Crippen molar-refractivity contribution in [2.24, 2.45) is 0 Å². The van der Waals surface area contributed by atoms with Crippen molar-refractivity contribution in [3.8, 4) is 0 Å². The van der Waals surface area contributed by atoms with Crippen LogP contribution in [0.4, 0.5) is 0 Å². The summed E-state index contributed by atoms with van der Waals surface area (Å²) in [6.45, 7) is 4.54. The molecule has 5 nitrogen and oxygen atoms in total. The molecule has 3 rings (SSSR count). The second kappa shape index (κ2) is 6.75. The molecule has 6 heteroatoms. The second-order valence-electron chi connectivity index (χ2n) is 6.09. The fraction of sp³-hybridized carbons (Fsp3) is 0.278. The summed E-state index contributed by atoms with van der Waals surface area (Å²) in [5.41, 5.74) is 2.99. The maximum Gasteiger partial charge on any atom is 0.240 e. The molecule has 0 amide bonds. The van der Waals surface area contributed by atoms with Crippen molar-refractivity contribution in [3.05, 3.63) is 59.9 Å². The van der Waals surface area contributed by atoms with Gasteiger partial charge in [0.05, 0.1) is 15.9 Å². The molecule has 1 aromatic heterocycles. The van der Waals surface area contributed by atoms with E-state index >= 15 is 0 Å². The zero-order valence-electron chi connectivity index (χ0n) is 13.8. The molecule has 0 radical (unpaired) electrons. The standard InChI is InChI=1S/C18H21N3O2S/c1-13(2)18-20-16-9-8-14(12-17(16)21-18)10-11-19-24(22,23)15-6-4-3-5-7-15/h3-9,12-13,19H,10-11H2,1-2H3,(H,20,21). The number of nitrogens with one attached hydrogen (secondary N) is 2. The Bertz CT molecular complexity index is 931. The molecular formula is C18H21N3O2S. The van der Waals surface area contributed by atoms with Gasteiger partial charge in [0.1, 0.15) is 5.82 Å². The number of rotatable bonds is 6. The minimum Gasteiger partial charge on any atom is -0.342 e. The van der Waals surface area contributed by atoms with Crippen LogP contribution in [0.25, 0.3) is 11.0 Å². The first-order chi connectivity index (χ1) is 11.5. The number of hydrogen-bond donors (Lipinski definition) is 2. The smallest absolute Gasteiger partial charge is 0.240 e. The van der Waals surface area contributed by atoms with Gasteiger partial charge in [-0.2, -0.15) is 0 Å². The fourth-order valence-electron chi connectivity index (χ4n) is 2.52. The number of aromatic nitrogens is 2. The summed E-state index contributed by atoms with van der Waals surface area (Å²) in [5.74, 6) is 1.31. The minimum atomic E-state index is -3.45. The van der Waals surface area contributed by atoms with E-state index in [-0.39, 0.29) is 4.90 Å². The summed E-state index contributed by atoms with van der Waals surface area (Å²) in [6, 6.07) is 14.4. The van der Waals surface area contributed by atoms with E-state index in [2.05, 4.69) is 28.5 Å². The molecule has 2 aromatic carbocycles. The van der Waals surface area contributed by atoms with E-state index in [4.69, 9.17) is 0 Å². The van der Waals surface area contributed by atoms with E-state index in [1.165, 1.54) is 0 Å². The molecule has 0 saturated carbocycles. The molecule has 0 bridgehead atoms. The van der Waals surface area contributed by atoms with Gasteiger partial charge in [-0.15, -0.1) is 0 Å². The summed E-state index contributed by atoms with van der Waals surface area (Å²) in [7, 11) is -3.45. The van der Waals surface area contributed by atoms with Crippen LogP contribution in [-0.4, -0.2) is 24.9 Å². The molecule has 0 saturated heterocycles. The van der Waals surface area contributed by atoms with Crippen LogP contribution in [0.5, 0.6) is 0 Å². The molecule has 0 atom stereocenters. The fourth-order valence-corrected chi connectivity index (χ4v) is 3.57. The van der Waals surface area contributed by atoms with Gasteiger partial charge in [0.25, 0.3) is 0 Å². The average molecular weight is 343 g/mol. The predicted molar refractivity (Wildman–Crippen MR) is 95.5 cm³/mol. The molecule has 3 aromatic rings. The summed E-state index contributed by atoms with van der Waals surface area (Å²) in [4.78, 5) is 8.15. The molecule has 0 aliphatic rings. The highest BCUT2D eigenvalue weighted by Crippen LogP contribution is 2.18. The van der Waals surface area contributed by atoms with Gasteiger partial charge in [-0.25, -0.2) is 18.1 Å². The molecule has 1 heterocycles. The Morgan fingerprint density at radius 1 is 1.12 bits per heavy atom. The van der Waals surface area contributed by atoms with Gasteiger partial charge in [0, 0.05) is 12.5 Å². The Hall–Kier alpha value is -2.18. The van der Waals surface area contributed by atoms with Gasteiger partial charge in [0.2, 0.25) is 10.0 Å². The highest BCUT2D eigenvalue weighted by molar-refractivity contribution is 7.89. The van der Waals surface area contributed by atoms with Crippen molar-refractivity contribution in [3.63, 3.8) is 0 Å². The lowest BCUT2D eigenvalue weighted by molar-refractivity contribution is 0.581. The van der Waals surface area contributed by atoms with Gasteiger partial charge in [-0.1, -0.05) is 38.1 Å². The summed E-state index contributed by atoms with van der Waals surface area (Å²) in [6.07, 6.45) is 0.623. The van der Waals surface area contributed by atoms with Crippen LogP contribution in [0.3, 0.4) is 0 Å². The number of fused-ring (bicyclic) bond motifs is 1. The van der Waals surface area contributed by atoms with Crippen molar-refractivity contribution in [1.82, 2.24) is 14.7 Å². The first-order valence-corrected chi connectivity index (χ1v) is 9.47. The minimum absolute atomic E-state index is 0.288. The van der Waals surface area contributed by atoms with Crippen molar-refractivity contribution < 1.29 is 8.42 Å². The van der Waals surface area contributed by atoms with Crippen LogP contribution >= 0.6 is 0 Å². The molecular weight excluding hydrogens is 322 g/mol. The number of aromatic amines is 1. The third-order valence-corrected chi connectivity index (χ3v) is 5.35. The Labute approximate surface area is 142 Å². The zero-order valence-corrected chi connectivity index (χ0v) is 14.6. The number of imidazole rings is 1. The molecule has 0 aliphatic carbocycles. The van der Waals surface area contributed by atoms with E-state index in [1.807, 2.05) is 18.2 Å². The van der Waals surface area contributed by atoms with Crippen LogP contribution in [0, 0.1) is 0 Å². The third-order valence-electron chi connectivity index (χ3n) is 3.87. The molecule has 2 N–H and O–H groups in total. The maximum absolute atomic E-state index is 12.2. The van der Waals surface area contributed by atoms with Crippen molar-refractivity contribution in [2.45, 2.75) is 31.1 Å². The second-order valence-corrected chi connectivity index (χ2v) is 7.86. The summed E-state index contributed by atoms with van der Waals surface area (Å²) in [5, 5.41) is 0. The van der Waals surface area contributed by atoms with Crippen LogP contribution in [0.2, 0.25) is 0 Å². The van der Waals surface area contributed by atoms with Crippen molar-refractivity contribution >= 4 is 21.1 Å². The number of sulfonamides is 1. The molecule has 24 heavy (non-hydrogen) atoms. The lowest BCUT2D eigenvalue weighted by Gasteiger charge is -2.06. The summed E-state index contributed by atoms with van der Waals surface area (Å²) < 4.78 is 27.0. The van der Waals surface area contributed by atoms with E-state index in [9.17, 15) is 8.42 Å². The number of nitrogens with zero attached hydrogens (tertiary/aromatic N) is 1. The van der Waals surface area contributed by atoms with E-state index in [0.717, 1.165) is 22.4 Å². The van der Waals surface area contributed by atoms with E-state index < -0.39 is 10.0 Å². The Balaban J connectivity index is 1.67. The highest BCUT2D eigenvalue weighted by atomic mass is 32.2. The van der Waals surface area contributed by atoms with Gasteiger partial charge in [-0.3, -0.25) is 0 Å². The Morgan fingerprint density at radius 3 is 2.58 bits per heavy atom. The molecule has 126 valence electrons. The predicted octanol–water partition coefficient (Wildman–Crippen LogP) is 3.21. The van der Waals surface area contributed by atoms with Crippen LogP contribution in [0.1, 0.15) is 31.2 Å². The number of benzene rings is 2. The lowest BCUT2D eigenvalue weighted by atomic mass is 10.1. The normalized spacial score (nSPS) is 12.1. The average Bonchev–Trinajstić information content (AvgIpc) is 2.99. The van der Waals surface area contributed by atoms with Crippen LogP contribution < -0.4 is 4.72 Å². The number of hydrogen-bond acceptors (Lipinski definition) is 3. The molecule has 0 aliphatic heterocycles. The SMILES string of the molecule is CC(C)c1nc2ccc(CCNS(=O)(=O)c3ccccc3)cc2[nH]1. The first kappa shape index (κ1) is 16.7. The lowest BCUT2D eigenvalue weighted by Crippen LogP contribution is -2.25. The zero-order chi connectivity index (χ0) is 17.2. The maximum atomic E-state index is 12.2. The Morgan fingerprint density at radius 2 is 1.88 bits per heavy atom. The largest absolute Gasteiger partial charge is 0.342 e. The number of H-pyrrole nitrogens is 1. The Kier molecular flexibility index (Phi) is 4.69. The van der Waals surface area contributed by atoms with Crippen molar-refractivity contribution in [2.75, 3.05) is 6.54 Å².